The number of carbonyl (C=O) groups is 1. The van der Waals surface area contributed by atoms with Crippen LogP contribution in [0.5, 0.6) is 0 Å². The molecule has 0 spiro atoms. The quantitative estimate of drug-likeness (QED) is 0.203. The van der Waals surface area contributed by atoms with Gasteiger partial charge < -0.3 is 25.6 Å². The van der Waals surface area contributed by atoms with Crippen molar-refractivity contribution in [2.75, 3.05) is 6.61 Å². The minimum absolute atomic E-state index is 0.311. The molecule has 0 fully saturated rings. The van der Waals surface area contributed by atoms with E-state index < -0.39 is 26.0 Å². The lowest BCUT2D eigenvalue weighted by molar-refractivity contribution is -0.192. The normalized spacial score (nSPS) is 12.7. The van der Waals surface area contributed by atoms with Crippen molar-refractivity contribution < 1.29 is 41.9 Å². The van der Waals surface area contributed by atoms with E-state index in [1.165, 1.54) is 44.1 Å². The second-order valence-electron chi connectivity index (χ2n) is 7.59. The molecule has 9 nitrogen and oxygen atoms in total. The van der Waals surface area contributed by atoms with Gasteiger partial charge in [-0.05, 0) is 24.0 Å². The molecular weight excluding hydrogens is 478 g/mol. The number of nitrogens with zero attached hydrogens (tertiary/aromatic N) is 1. The number of aliphatic carboxylic acids is 1. The number of aromatic amines is 1. The highest BCUT2D eigenvalue weighted by Crippen LogP contribution is 2.36. The summed E-state index contributed by atoms with van der Waals surface area (Å²) in [5.41, 5.74) is 8.97. The Bertz CT molecular complexity index is 915. The molecule has 0 aliphatic heterocycles. The third-order valence-corrected chi connectivity index (χ3v) is 5.18. The number of alkyl halides is 3. The SMILES string of the molecule is CCCCCCCCc1ccc(-c2cnc([C@@H](N)COP(=O)(O)O)[nH]2)cc1.O=C(O)C(F)(F)F. The van der Waals surface area contributed by atoms with Crippen LogP contribution >= 0.6 is 7.82 Å². The summed E-state index contributed by atoms with van der Waals surface area (Å²) in [6, 6.07) is 7.60. The number of hydrogen-bond donors (Lipinski definition) is 5. The van der Waals surface area contributed by atoms with Crippen LogP contribution in [0.2, 0.25) is 0 Å². The second kappa shape index (κ2) is 14.2. The fraction of sp³-hybridized carbons (Fsp3) is 0.524. The molecule has 0 aliphatic carbocycles. The zero-order chi connectivity index (χ0) is 25.8. The number of halogens is 3. The Morgan fingerprint density at radius 3 is 2.24 bits per heavy atom. The van der Waals surface area contributed by atoms with Crippen LogP contribution in [-0.4, -0.2) is 43.6 Å². The zero-order valence-corrected chi connectivity index (χ0v) is 19.7. The van der Waals surface area contributed by atoms with Crippen LogP contribution < -0.4 is 5.73 Å². The number of nitrogens with one attached hydrogen (secondary N) is 1. The lowest BCUT2D eigenvalue weighted by atomic mass is 10.0. The highest BCUT2D eigenvalue weighted by molar-refractivity contribution is 7.46. The number of phosphoric acid groups is 1. The number of carboxylic acids is 1. The van der Waals surface area contributed by atoms with Gasteiger partial charge in [0.2, 0.25) is 0 Å². The summed E-state index contributed by atoms with van der Waals surface area (Å²) in [5, 5.41) is 7.12. The molecule has 2 aromatic rings. The molecule has 34 heavy (non-hydrogen) atoms. The Morgan fingerprint density at radius 2 is 1.71 bits per heavy atom. The summed E-state index contributed by atoms with van der Waals surface area (Å²) in [5.74, 6) is -2.33. The third-order valence-electron chi connectivity index (χ3n) is 4.70. The van der Waals surface area contributed by atoms with Crippen molar-refractivity contribution in [1.82, 2.24) is 9.97 Å². The van der Waals surface area contributed by atoms with Gasteiger partial charge in [0.05, 0.1) is 24.5 Å². The van der Waals surface area contributed by atoms with Crippen molar-refractivity contribution in [2.45, 2.75) is 64.1 Å². The summed E-state index contributed by atoms with van der Waals surface area (Å²) in [6.45, 7) is 1.92. The number of imidazole rings is 1. The first-order valence-electron chi connectivity index (χ1n) is 10.7. The van der Waals surface area contributed by atoms with Gasteiger partial charge in [-0.15, -0.1) is 0 Å². The minimum Gasteiger partial charge on any atom is -0.475 e. The van der Waals surface area contributed by atoms with Crippen LogP contribution in [0.3, 0.4) is 0 Å². The van der Waals surface area contributed by atoms with Crippen LogP contribution in [-0.2, 0) is 20.3 Å². The van der Waals surface area contributed by atoms with Crippen LogP contribution in [0.25, 0.3) is 11.3 Å². The van der Waals surface area contributed by atoms with E-state index in [1.54, 1.807) is 6.20 Å². The number of rotatable bonds is 12. The first-order chi connectivity index (χ1) is 15.8. The molecule has 0 aliphatic rings. The lowest BCUT2D eigenvalue weighted by Crippen LogP contribution is -2.21. The fourth-order valence-electron chi connectivity index (χ4n) is 2.89. The average molecular weight is 509 g/mol. The molecule has 192 valence electrons. The number of nitrogens with two attached hydrogens (primary N) is 1. The van der Waals surface area contributed by atoms with Gasteiger partial charge in [-0.25, -0.2) is 14.3 Å². The van der Waals surface area contributed by atoms with E-state index in [-0.39, 0.29) is 6.61 Å². The molecule has 13 heteroatoms. The van der Waals surface area contributed by atoms with Gasteiger partial charge in [0.15, 0.2) is 0 Å². The van der Waals surface area contributed by atoms with Gasteiger partial charge in [0.1, 0.15) is 5.82 Å². The van der Waals surface area contributed by atoms with Crippen molar-refractivity contribution in [3.05, 3.63) is 41.9 Å². The van der Waals surface area contributed by atoms with Crippen molar-refractivity contribution in [1.29, 1.82) is 0 Å². The van der Waals surface area contributed by atoms with Gasteiger partial charge >= 0.3 is 20.0 Å². The molecule has 0 bridgehead atoms. The Balaban J connectivity index is 0.000000718. The number of aryl methyl sites for hydroxylation is 1. The van der Waals surface area contributed by atoms with E-state index in [9.17, 15) is 17.7 Å². The molecule has 0 radical (unpaired) electrons. The molecule has 0 unspecified atom stereocenters. The predicted octanol–water partition coefficient (Wildman–Crippen LogP) is 4.72. The molecule has 0 saturated heterocycles. The maximum Gasteiger partial charge on any atom is 0.490 e. The van der Waals surface area contributed by atoms with E-state index in [0.717, 1.165) is 17.7 Å². The average Bonchev–Trinajstić information content (AvgIpc) is 3.24. The number of benzene rings is 1. The molecule has 0 saturated carbocycles. The number of H-pyrrole nitrogens is 1. The highest BCUT2D eigenvalue weighted by Gasteiger charge is 2.38. The topological polar surface area (TPSA) is 159 Å². The molecular formula is C21H31F3N3O6P. The van der Waals surface area contributed by atoms with Crippen molar-refractivity contribution in [3.8, 4) is 11.3 Å². The Hall–Kier alpha value is -2.24. The molecule has 1 aromatic carbocycles. The number of aromatic nitrogens is 2. The maximum atomic E-state index is 10.8. The summed E-state index contributed by atoms with van der Waals surface area (Å²) in [4.78, 5) is 33.7. The van der Waals surface area contributed by atoms with Gasteiger partial charge in [0.25, 0.3) is 0 Å². The monoisotopic (exact) mass is 509 g/mol. The third kappa shape index (κ3) is 12.3. The van der Waals surface area contributed by atoms with Crippen molar-refractivity contribution in [2.24, 2.45) is 5.73 Å². The largest absolute Gasteiger partial charge is 0.490 e. The van der Waals surface area contributed by atoms with Crippen molar-refractivity contribution >= 4 is 13.8 Å². The highest BCUT2D eigenvalue weighted by atomic mass is 31.2. The van der Waals surface area contributed by atoms with Gasteiger partial charge in [-0.1, -0.05) is 63.3 Å². The van der Waals surface area contributed by atoms with Crippen molar-refractivity contribution in [3.63, 3.8) is 0 Å². The molecule has 0 amide bonds. The Kier molecular flexibility index (Phi) is 12.5. The smallest absolute Gasteiger partial charge is 0.475 e. The summed E-state index contributed by atoms with van der Waals surface area (Å²) < 4.78 is 46.9. The first kappa shape index (κ1) is 29.8. The predicted molar refractivity (Wildman–Crippen MR) is 120 cm³/mol. The fourth-order valence-corrected chi connectivity index (χ4v) is 3.24. The Morgan fingerprint density at radius 1 is 1.15 bits per heavy atom. The van der Waals surface area contributed by atoms with E-state index in [1.807, 2.05) is 12.1 Å². The summed E-state index contributed by atoms with van der Waals surface area (Å²) >= 11 is 0. The van der Waals surface area contributed by atoms with Crippen LogP contribution in [0, 0.1) is 0 Å². The maximum absolute atomic E-state index is 10.8. The van der Waals surface area contributed by atoms with Crippen LogP contribution in [0.4, 0.5) is 13.2 Å². The zero-order valence-electron chi connectivity index (χ0n) is 18.8. The van der Waals surface area contributed by atoms with E-state index in [4.69, 9.17) is 25.4 Å². The molecule has 1 atom stereocenters. The number of unbranched alkanes of at least 4 members (excludes halogenated alkanes) is 5. The standard InChI is InChI=1S/C19H30N3O4P.C2HF3O2/c1-2-3-4-5-6-7-8-15-9-11-16(12-10-15)18-13-21-19(22-18)17(20)14-26-27(23,24)25;3-2(4,5)1(6)7/h9-13,17H,2-8,14,20H2,1H3,(H,21,22)(H2,23,24,25);(H,6,7)/t17-;/m0./s1. The number of carboxylic acid groups (broad SMARTS) is 1. The number of phosphoric ester groups is 1. The first-order valence-corrected chi connectivity index (χ1v) is 12.3. The summed E-state index contributed by atoms with van der Waals surface area (Å²) in [6.07, 6.45) is 5.41. The van der Waals surface area contributed by atoms with E-state index in [0.29, 0.717) is 5.82 Å². The summed E-state index contributed by atoms with van der Waals surface area (Å²) in [7, 11) is -4.54. The molecule has 1 aromatic heterocycles. The number of hydrogen-bond acceptors (Lipinski definition) is 5. The Labute approximate surface area is 195 Å². The second-order valence-corrected chi connectivity index (χ2v) is 8.83. The van der Waals surface area contributed by atoms with Gasteiger partial charge in [-0.2, -0.15) is 13.2 Å². The van der Waals surface area contributed by atoms with E-state index in [2.05, 4.69) is 33.5 Å². The molecule has 1 heterocycles. The van der Waals surface area contributed by atoms with Gasteiger partial charge in [0, 0.05) is 0 Å². The molecule has 6 N–H and O–H groups in total. The minimum atomic E-state index is -5.08. The van der Waals surface area contributed by atoms with Crippen LogP contribution in [0.15, 0.2) is 30.5 Å². The van der Waals surface area contributed by atoms with Gasteiger partial charge in [-0.3, -0.25) is 4.52 Å². The van der Waals surface area contributed by atoms with Crippen LogP contribution in [0.1, 0.15) is 62.9 Å². The van der Waals surface area contributed by atoms with E-state index >= 15 is 0 Å². The molecule has 2 rings (SSSR count). The lowest BCUT2D eigenvalue weighted by Gasteiger charge is -2.10.